The number of hydrogen-bond donors (Lipinski definition) is 2. The monoisotopic (exact) mass is 334 g/mol. The maximum atomic E-state index is 12.0. The molecule has 7 heteroatoms. The van der Waals surface area contributed by atoms with Gasteiger partial charge in [0.1, 0.15) is 6.33 Å². The molecule has 0 radical (unpaired) electrons. The van der Waals surface area contributed by atoms with Crippen molar-refractivity contribution in [3.8, 4) is 0 Å². The molecular formula is C17H30N6O. The summed E-state index contributed by atoms with van der Waals surface area (Å²) < 4.78 is 1.91. The topological polar surface area (TPSA) is 75.1 Å². The Kier molecular flexibility index (Phi) is 6.07. The van der Waals surface area contributed by atoms with Crippen LogP contribution in [0.2, 0.25) is 0 Å². The summed E-state index contributed by atoms with van der Waals surface area (Å²) in [4.78, 5) is 18.6. The SMILES string of the molecule is CC1CCCCN1CCNC(=O)Nc1ncn(C2CCCCC2)n1. The fraction of sp³-hybridized carbons (Fsp3) is 0.824. The maximum Gasteiger partial charge on any atom is 0.321 e. The minimum Gasteiger partial charge on any atom is -0.337 e. The molecular weight excluding hydrogens is 304 g/mol. The van der Waals surface area contributed by atoms with Crippen LogP contribution in [0.4, 0.5) is 10.7 Å². The summed E-state index contributed by atoms with van der Waals surface area (Å²) in [6.45, 7) is 4.96. The molecule has 2 amide bonds. The van der Waals surface area contributed by atoms with Crippen molar-refractivity contribution in [3.05, 3.63) is 6.33 Å². The van der Waals surface area contributed by atoms with Crippen LogP contribution in [0.1, 0.15) is 64.3 Å². The lowest BCUT2D eigenvalue weighted by Crippen LogP contribution is -2.43. The Labute approximate surface area is 144 Å². The molecule has 3 rings (SSSR count). The van der Waals surface area contributed by atoms with Gasteiger partial charge in [-0.25, -0.2) is 14.5 Å². The molecule has 1 aromatic rings. The second kappa shape index (κ2) is 8.46. The van der Waals surface area contributed by atoms with Gasteiger partial charge in [0.05, 0.1) is 6.04 Å². The Hall–Kier alpha value is -1.63. The van der Waals surface area contributed by atoms with Gasteiger partial charge in [0.25, 0.3) is 0 Å². The van der Waals surface area contributed by atoms with Crippen LogP contribution in [-0.2, 0) is 0 Å². The molecule has 0 bridgehead atoms. The van der Waals surface area contributed by atoms with E-state index >= 15 is 0 Å². The van der Waals surface area contributed by atoms with Crippen LogP contribution < -0.4 is 10.6 Å². The second-order valence-electron chi connectivity index (χ2n) is 7.10. The van der Waals surface area contributed by atoms with E-state index in [0.29, 0.717) is 24.6 Å². The molecule has 1 aromatic heterocycles. The summed E-state index contributed by atoms with van der Waals surface area (Å²) in [5.74, 6) is 0.393. The molecule has 2 fully saturated rings. The molecule has 1 atom stereocenters. The minimum absolute atomic E-state index is 0.221. The number of nitrogens with zero attached hydrogens (tertiary/aromatic N) is 4. The third-order valence-electron chi connectivity index (χ3n) is 5.31. The Balaban J connectivity index is 1.39. The van der Waals surface area contributed by atoms with Crippen molar-refractivity contribution < 1.29 is 4.79 Å². The smallest absolute Gasteiger partial charge is 0.321 e. The largest absolute Gasteiger partial charge is 0.337 e. The van der Waals surface area contributed by atoms with Crippen molar-refractivity contribution in [2.45, 2.75) is 70.4 Å². The number of carbonyl (C=O) groups excluding carboxylic acids is 1. The van der Waals surface area contributed by atoms with E-state index in [1.54, 1.807) is 6.33 Å². The molecule has 2 N–H and O–H groups in total. The van der Waals surface area contributed by atoms with E-state index in [2.05, 4.69) is 32.5 Å². The molecule has 7 nitrogen and oxygen atoms in total. The lowest BCUT2D eigenvalue weighted by molar-refractivity contribution is 0.162. The molecule has 1 saturated heterocycles. The average molecular weight is 334 g/mol. The Morgan fingerprint density at radius 3 is 2.79 bits per heavy atom. The summed E-state index contributed by atoms with van der Waals surface area (Å²) in [6.07, 6.45) is 11.7. The van der Waals surface area contributed by atoms with Crippen LogP contribution in [0, 0.1) is 0 Å². The third kappa shape index (κ3) is 4.69. The Bertz CT molecular complexity index is 525. The summed E-state index contributed by atoms with van der Waals surface area (Å²) in [5.41, 5.74) is 0. The van der Waals surface area contributed by atoms with E-state index in [9.17, 15) is 4.79 Å². The van der Waals surface area contributed by atoms with Crippen molar-refractivity contribution in [2.24, 2.45) is 0 Å². The summed E-state index contributed by atoms with van der Waals surface area (Å²) in [5, 5.41) is 10.1. The number of anilines is 1. The van der Waals surface area contributed by atoms with E-state index < -0.39 is 0 Å². The predicted octanol–water partition coefficient (Wildman–Crippen LogP) is 2.78. The van der Waals surface area contributed by atoms with Gasteiger partial charge in [0.15, 0.2) is 0 Å². The number of urea groups is 1. The van der Waals surface area contributed by atoms with Gasteiger partial charge in [-0.3, -0.25) is 10.2 Å². The molecule has 1 saturated carbocycles. The van der Waals surface area contributed by atoms with Crippen LogP contribution in [0.5, 0.6) is 0 Å². The van der Waals surface area contributed by atoms with Crippen molar-refractivity contribution in [1.29, 1.82) is 0 Å². The number of nitrogens with one attached hydrogen (secondary N) is 2. The highest BCUT2D eigenvalue weighted by atomic mass is 16.2. The lowest BCUT2D eigenvalue weighted by Gasteiger charge is -2.33. The number of likely N-dealkylation sites (tertiary alicyclic amines) is 1. The summed E-state index contributed by atoms with van der Waals surface area (Å²) >= 11 is 0. The first kappa shape index (κ1) is 17.2. The number of hydrogen-bond acceptors (Lipinski definition) is 4. The van der Waals surface area contributed by atoms with E-state index in [4.69, 9.17) is 0 Å². The van der Waals surface area contributed by atoms with Gasteiger partial charge >= 0.3 is 6.03 Å². The zero-order chi connectivity index (χ0) is 16.8. The molecule has 2 heterocycles. The first-order valence-corrected chi connectivity index (χ1v) is 9.42. The Morgan fingerprint density at radius 2 is 2.00 bits per heavy atom. The van der Waals surface area contributed by atoms with Gasteiger partial charge in [-0.15, -0.1) is 5.10 Å². The van der Waals surface area contributed by atoms with E-state index in [1.165, 1.54) is 38.5 Å². The molecule has 134 valence electrons. The maximum absolute atomic E-state index is 12.0. The molecule has 2 aliphatic rings. The molecule has 24 heavy (non-hydrogen) atoms. The predicted molar refractivity (Wildman–Crippen MR) is 94.1 cm³/mol. The Morgan fingerprint density at radius 1 is 1.21 bits per heavy atom. The normalized spacial score (nSPS) is 23.1. The zero-order valence-electron chi connectivity index (χ0n) is 14.7. The highest BCUT2D eigenvalue weighted by Gasteiger charge is 2.19. The third-order valence-corrected chi connectivity index (χ3v) is 5.31. The zero-order valence-corrected chi connectivity index (χ0v) is 14.7. The molecule has 0 spiro atoms. The van der Waals surface area contributed by atoms with Crippen molar-refractivity contribution in [1.82, 2.24) is 25.0 Å². The fourth-order valence-corrected chi connectivity index (χ4v) is 3.80. The van der Waals surface area contributed by atoms with Crippen LogP contribution in [-0.4, -0.2) is 51.4 Å². The van der Waals surface area contributed by atoms with Crippen molar-refractivity contribution >= 4 is 12.0 Å². The quantitative estimate of drug-likeness (QED) is 0.868. The van der Waals surface area contributed by atoms with Gasteiger partial charge in [0.2, 0.25) is 5.95 Å². The molecule has 1 aliphatic carbocycles. The fourth-order valence-electron chi connectivity index (χ4n) is 3.80. The van der Waals surface area contributed by atoms with E-state index in [1.807, 2.05) is 4.68 Å². The number of aromatic nitrogens is 3. The number of amides is 2. The van der Waals surface area contributed by atoms with Gasteiger partial charge in [-0.2, -0.15) is 0 Å². The second-order valence-corrected chi connectivity index (χ2v) is 7.10. The van der Waals surface area contributed by atoms with E-state index in [-0.39, 0.29) is 6.03 Å². The number of piperidine rings is 1. The van der Waals surface area contributed by atoms with Crippen molar-refractivity contribution in [2.75, 3.05) is 25.0 Å². The van der Waals surface area contributed by atoms with Crippen LogP contribution >= 0.6 is 0 Å². The standard InChI is InChI=1S/C17H30N6O/c1-14-7-5-6-11-22(14)12-10-18-17(24)20-16-19-13-23(21-16)15-8-3-2-4-9-15/h13-15H,2-12H2,1H3,(H2,18,20,21,24). The van der Waals surface area contributed by atoms with Gasteiger partial charge in [0, 0.05) is 19.1 Å². The number of rotatable bonds is 5. The summed E-state index contributed by atoms with van der Waals surface area (Å²) in [7, 11) is 0. The lowest BCUT2D eigenvalue weighted by atomic mass is 9.96. The molecule has 1 unspecified atom stereocenters. The average Bonchev–Trinajstić information content (AvgIpc) is 3.06. The van der Waals surface area contributed by atoms with Crippen LogP contribution in [0.25, 0.3) is 0 Å². The van der Waals surface area contributed by atoms with Gasteiger partial charge in [-0.1, -0.05) is 25.7 Å². The van der Waals surface area contributed by atoms with Gasteiger partial charge < -0.3 is 5.32 Å². The highest BCUT2D eigenvalue weighted by Crippen LogP contribution is 2.27. The van der Waals surface area contributed by atoms with Crippen molar-refractivity contribution in [3.63, 3.8) is 0 Å². The van der Waals surface area contributed by atoms with Gasteiger partial charge in [-0.05, 0) is 39.2 Å². The van der Waals surface area contributed by atoms with Crippen LogP contribution in [0.3, 0.4) is 0 Å². The highest BCUT2D eigenvalue weighted by molar-refractivity contribution is 5.87. The first-order valence-electron chi connectivity index (χ1n) is 9.42. The molecule has 0 aromatic carbocycles. The first-order chi connectivity index (χ1) is 11.7. The summed E-state index contributed by atoms with van der Waals surface area (Å²) in [6, 6.07) is 0.836. The molecule has 1 aliphatic heterocycles. The minimum atomic E-state index is -0.221. The number of carbonyl (C=O) groups is 1. The van der Waals surface area contributed by atoms with E-state index in [0.717, 1.165) is 25.9 Å². The van der Waals surface area contributed by atoms with Crippen LogP contribution in [0.15, 0.2) is 6.33 Å².